The molecule has 0 saturated heterocycles. The Morgan fingerprint density at radius 2 is 2.37 bits per heavy atom. The van der Waals surface area contributed by atoms with Gasteiger partial charge in [-0.2, -0.15) is 5.10 Å². The number of nitrogens with two attached hydrogens (primary N) is 1. The van der Waals surface area contributed by atoms with Crippen LogP contribution in [0.1, 0.15) is 36.9 Å². The Bertz CT molecular complexity index is 397. The van der Waals surface area contributed by atoms with Crippen molar-refractivity contribution in [1.29, 1.82) is 0 Å². The van der Waals surface area contributed by atoms with Gasteiger partial charge in [-0.05, 0) is 44.1 Å². The summed E-state index contributed by atoms with van der Waals surface area (Å²) in [5.74, 6) is 1.37. The van der Waals surface area contributed by atoms with Crippen LogP contribution in [0.5, 0.6) is 0 Å². The van der Waals surface area contributed by atoms with Gasteiger partial charge in [-0.25, -0.2) is 0 Å². The van der Waals surface area contributed by atoms with Crippen LogP contribution in [0.3, 0.4) is 0 Å². The molecule has 1 aromatic heterocycles. The van der Waals surface area contributed by atoms with Gasteiger partial charge in [0.15, 0.2) is 5.96 Å². The smallest absolute Gasteiger partial charge is 0.188 e. The van der Waals surface area contributed by atoms with Gasteiger partial charge in [0.25, 0.3) is 0 Å². The third-order valence-corrected chi connectivity index (χ3v) is 3.61. The standard InChI is InChI=1S/C13H23N5.HI/c1-10-12(9-17-18-10)6-3-7-15-13(14)16-8-11-4-2-5-11;/h9,11H,2-8H2,1H3,(H,17,18)(H3,14,15,16);1H. The molecule has 0 atom stereocenters. The maximum absolute atomic E-state index is 5.81. The second-order valence-electron chi connectivity index (χ2n) is 5.07. The minimum atomic E-state index is 0. The molecule has 1 fully saturated rings. The van der Waals surface area contributed by atoms with Crippen LogP contribution >= 0.6 is 24.0 Å². The summed E-state index contributed by atoms with van der Waals surface area (Å²) in [4.78, 5) is 4.36. The number of aryl methyl sites for hydroxylation is 2. The number of nitrogens with one attached hydrogen (secondary N) is 2. The summed E-state index contributed by atoms with van der Waals surface area (Å²) in [6, 6.07) is 0. The van der Waals surface area contributed by atoms with E-state index < -0.39 is 0 Å². The number of aromatic nitrogens is 2. The van der Waals surface area contributed by atoms with E-state index in [1.54, 1.807) is 0 Å². The van der Waals surface area contributed by atoms with E-state index in [0.717, 1.165) is 37.5 Å². The number of halogens is 1. The van der Waals surface area contributed by atoms with Crippen LogP contribution in [0.2, 0.25) is 0 Å². The zero-order valence-electron chi connectivity index (χ0n) is 11.5. The minimum Gasteiger partial charge on any atom is -0.370 e. The summed E-state index contributed by atoms with van der Waals surface area (Å²) in [5, 5.41) is 10.1. The van der Waals surface area contributed by atoms with Gasteiger partial charge in [-0.1, -0.05) is 6.42 Å². The van der Waals surface area contributed by atoms with Crippen molar-refractivity contribution in [2.45, 2.75) is 39.0 Å². The molecule has 5 nitrogen and oxygen atoms in total. The molecule has 0 aliphatic heterocycles. The summed E-state index contributed by atoms with van der Waals surface area (Å²) in [6.45, 7) is 3.80. The maximum Gasteiger partial charge on any atom is 0.188 e. The molecular weight excluding hydrogens is 353 g/mol. The minimum absolute atomic E-state index is 0. The summed E-state index contributed by atoms with van der Waals surface area (Å²) in [5.41, 5.74) is 8.24. The number of aliphatic imine (C=N–C) groups is 1. The molecule has 1 aliphatic carbocycles. The van der Waals surface area contributed by atoms with Crippen molar-refractivity contribution >= 4 is 29.9 Å². The highest BCUT2D eigenvalue weighted by Crippen LogP contribution is 2.26. The van der Waals surface area contributed by atoms with E-state index in [-0.39, 0.29) is 24.0 Å². The SMILES string of the molecule is Cc1[nH]ncc1CCCNC(N)=NCC1CCC1.I. The predicted octanol–water partition coefficient (Wildman–Crippen LogP) is 1.97. The van der Waals surface area contributed by atoms with Crippen LogP contribution in [0.25, 0.3) is 0 Å². The Kier molecular flexibility index (Phi) is 7.19. The van der Waals surface area contributed by atoms with Crippen LogP contribution < -0.4 is 11.1 Å². The third kappa shape index (κ3) is 5.38. The molecule has 0 unspecified atom stereocenters. The lowest BCUT2D eigenvalue weighted by Crippen LogP contribution is -2.33. The number of aromatic amines is 1. The van der Waals surface area contributed by atoms with Crippen molar-refractivity contribution in [3.8, 4) is 0 Å². The van der Waals surface area contributed by atoms with Crippen molar-refractivity contribution in [2.24, 2.45) is 16.6 Å². The molecule has 4 N–H and O–H groups in total. The third-order valence-electron chi connectivity index (χ3n) is 3.61. The van der Waals surface area contributed by atoms with Crippen molar-refractivity contribution in [1.82, 2.24) is 15.5 Å². The first-order valence-electron chi connectivity index (χ1n) is 6.78. The molecule has 0 bridgehead atoms. The van der Waals surface area contributed by atoms with Gasteiger partial charge in [0.05, 0.1) is 6.20 Å². The zero-order valence-corrected chi connectivity index (χ0v) is 13.8. The molecular formula is C13H24IN5. The molecule has 6 heteroatoms. The van der Waals surface area contributed by atoms with Gasteiger partial charge >= 0.3 is 0 Å². The van der Waals surface area contributed by atoms with E-state index in [9.17, 15) is 0 Å². The topological polar surface area (TPSA) is 79.1 Å². The average molecular weight is 377 g/mol. The van der Waals surface area contributed by atoms with Crippen LogP contribution in [0, 0.1) is 12.8 Å². The normalized spacial score (nSPS) is 15.7. The molecule has 1 aliphatic rings. The molecule has 108 valence electrons. The number of rotatable bonds is 6. The molecule has 1 saturated carbocycles. The highest BCUT2D eigenvalue weighted by Gasteiger charge is 2.16. The van der Waals surface area contributed by atoms with E-state index in [4.69, 9.17) is 5.73 Å². The maximum atomic E-state index is 5.81. The summed E-state index contributed by atoms with van der Waals surface area (Å²) in [7, 11) is 0. The quantitative estimate of drug-likeness (QED) is 0.307. The lowest BCUT2D eigenvalue weighted by atomic mass is 9.86. The lowest BCUT2D eigenvalue weighted by molar-refractivity contribution is 0.326. The Morgan fingerprint density at radius 3 is 2.95 bits per heavy atom. The highest BCUT2D eigenvalue weighted by atomic mass is 127. The van der Waals surface area contributed by atoms with E-state index in [1.807, 2.05) is 13.1 Å². The lowest BCUT2D eigenvalue weighted by Gasteiger charge is -2.23. The van der Waals surface area contributed by atoms with Crippen molar-refractivity contribution < 1.29 is 0 Å². The van der Waals surface area contributed by atoms with Gasteiger partial charge in [0.2, 0.25) is 0 Å². The monoisotopic (exact) mass is 377 g/mol. The van der Waals surface area contributed by atoms with Crippen molar-refractivity contribution in [3.63, 3.8) is 0 Å². The van der Waals surface area contributed by atoms with Gasteiger partial charge in [0, 0.05) is 18.8 Å². The van der Waals surface area contributed by atoms with E-state index in [1.165, 1.54) is 24.8 Å². The van der Waals surface area contributed by atoms with Crippen molar-refractivity contribution in [2.75, 3.05) is 13.1 Å². The first-order valence-corrected chi connectivity index (χ1v) is 6.78. The van der Waals surface area contributed by atoms with E-state index in [2.05, 4.69) is 20.5 Å². The first-order chi connectivity index (χ1) is 8.75. The van der Waals surface area contributed by atoms with E-state index >= 15 is 0 Å². The Labute approximate surface area is 131 Å². The summed E-state index contributed by atoms with van der Waals surface area (Å²) >= 11 is 0. The van der Waals surface area contributed by atoms with Gasteiger partial charge in [-0.3, -0.25) is 10.1 Å². The zero-order chi connectivity index (χ0) is 12.8. The Hall–Kier alpha value is -0.790. The van der Waals surface area contributed by atoms with Crippen molar-refractivity contribution in [3.05, 3.63) is 17.5 Å². The van der Waals surface area contributed by atoms with Crippen LogP contribution in [0.15, 0.2) is 11.2 Å². The molecule has 1 aromatic rings. The highest BCUT2D eigenvalue weighted by molar-refractivity contribution is 14.0. The first kappa shape index (κ1) is 16.3. The van der Waals surface area contributed by atoms with Gasteiger partial charge in [-0.15, -0.1) is 24.0 Å². The second kappa shape index (κ2) is 8.39. The Balaban J connectivity index is 0.00000180. The summed E-state index contributed by atoms with van der Waals surface area (Å²) < 4.78 is 0. The molecule has 2 rings (SSSR count). The fraction of sp³-hybridized carbons (Fsp3) is 0.692. The van der Waals surface area contributed by atoms with Crippen LogP contribution in [-0.2, 0) is 6.42 Å². The van der Waals surface area contributed by atoms with Crippen LogP contribution in [-0.4, -0.2) is 29.2 Å². The number of hydrogen-bond donors (Lipinski definition) is 3. The van der Waals surface area contributed by atoms with Crippen LogP contribution in [0.4, 0.5) is 0 Å². The molecule has 0 radical (unpaired) electrons. The molecule has 1 heterocycles. The molecule has 0 aromatic carbocycles. The van der Waals surface area contributed by atoms with Gasteiger partial charge < -0.3 is 11.1 Å². The summed E-state index contributed by atoms with van der Waals surface area (Å²) in [6.07, 6.45) is 7.94. The second-order valence-corrected chi connectivity index (χ2v) is 5.07. The van der Waals surface area contributed by atoms with E-state index in [0.29, 0.717) is 5.96 Å². The number of hydrogen-bond acceptors (Lipinski definition) is 2. The fourth-order valence-corrected chi connectivity index (χ4v) is 2.08. The number of guanidine groups is 1. The molecule has 0 spiro atoms. The molecule has 19 heavy (non-hydrogen) atoms. The number of H-pyrrole nitrogens is 1. The van der Waals surface area contributed by atoms with Gasteiger partial charge in [0.1, 0.15) is 0 Å². The fourth-order valence-electron chi connectivity index (χ4n) is 2.08. The predicted molar refractivity (Wildman–Crippen MR) is 88.9 cm³/mol. The molecule has 0 amide bonds. The Morgan fingerprint density at radius 1 is 1.58 bits per heavy atom. The average Bonchev–Trinajstić information content (AvgIpc) is 2.68. The largest absolute Gasteiger partial charge is 0.370 e. The number of nitrogens with zero attached hydrogens (tertiary/aromatic N) is 2.